The second kappa shape index (κ2) is 8.81. The lowest BCUT2D eigenvalue weighted by Crippen LogP contribution is -2.18. The van der Waals surface area contributed by atoms with Gasteiger partial charge in [0.15, 0.2) is 0 Å². The van der Waals surface area contributed by atoms with Crippen LogP contribution >= 0.6 is 0 Å². The number of anilines is 1. The number of carbonyl (C=O) groups is 1. The first-order valence-corrected chi connectivity index (χ1v) is 11.4. The molecule has 0 radical (unpaired) electrons. The van der Waals surface area contributed by atoms with Crippen molar-refractivity contribution in [1.82, 2.24) is 24.3 Å². The van der Waals surface area contributed by atoms with Crippen LogP contribution in [0, 0.1) is 12.8 Å². The van der Waals surface area contributed by atoms with E-state index in [4.69, 9.17) is 14.5 Å². The van der Waals surface area contributed by atoms with Crippen LogP contribution in [0.15, 0.2) is 36.5 Å². The van der Waals surface area contributed by atoms with E-state index in [0.29, 0.717) is 42.2 Å². The number of pyridine rings is 1. The third-order valence-electron chi connectivity index (χ3n) is 6.13. The molecule has 4 heterocycles. The van der Waals surface area contributed by atoms with Crippen molar-refractivity contribution in [2.24, 2.45) is 13.0 Å². The molecule has 0 saturated carbocycles. The van der Waals surface area contributed by atoms with Gasteiger partial charge in [-0.3, -0.25) is 15.1 Å². The Labute approximate surface area is 197 Å². The molecule has 1 aromatic carbocycles. The summed E-state index contributed by atoms with van der Waals surface area (Å²) in [5.74, 6) is 2.01. The number of nitrogens with zero attached hydrogens (tertiary/aromatic N) is 5. The molecule has 1 aliphatic heterocycles. The van der Waals surface area contributed by atoms with Gasteiger partial charge in [-0.25, -0.2) is 9.67 Å². The van der Waals surface area contributed by atoms with Gasteiger partial charge in [-0.15, -0.1) is 0 Å². The Bertz CT molecular complexity index is 1370. The molecular weight excluding hydrogens is 432 g/mol. The van der Waals surface area contributed by atoms with Gasteiger partial charge in [0.1, 0.15) is 5.75 Å². The summed E-state index contributed by atoms with van der Waals surface area (Å²) in [6, 6.07) is 9.29. The van der Waals surface area contributed by atoms with Gasteiger partial charge in [0, 0.05) is 30.9 Å². The summed E-state index contributed by atoms with van der Waals surface area (Å²) in [6.07, 6.45) is 3.57. The molecule has 4 aromatic rings. The van der Waals surface area contributed by atoms with Crippen molar-refractivity contribution < 1.29 is 14.3 Å². The molecule has 9 nitrogen and oxygen atoms in total. The van der Waals surface area contributed by atoms with E-state index in [1.807, 2.05) is 32.2 Å². The highest BCUT2D eigenvalue weighted by atomic mass is 16.5. The average molecular weight is 461 g/mol. The lowest BCUT2D eigenvalue weighted by molar-refractivity contribution is 0.102. The number of amides is 1. The third kappa shape index (κ3) is 4.09. The van der Waals surface area contributed by atoms with E-state index in [1.165, 1.54) is 0 Å². The van der Waals surface area contributed by atoms with Crippen LogP contribution in [0.2, 0.25) is 0 Å². The molecule has 3 aromatic heterocycles. The fourth-order valence-electron chi connectivity index (χ4n) is 4.40. The molecule has 34 heavy (non-hydrogen) atoms. The van der Waals surface area contributed by atoms with Gasteiger partial charge in [-0.2, -0.15) is 5.10 Å². The second-order valence-electron chi connectivity index (χ2n) is 8.82. The van der Waals surface area contributed by atoms with Crippen LogP contribution in [0.4, 0.5) is 5.95 Å². The maximum Gasteiger partial charge on any atom is 0.258 e. The molecular formula is C25H28N6O3. The Morgan fingerprint density at radius 2 is 2.06 bits per heavy atom. The highest BCUT2D eigenvalue weighted by Gasteiger charge is 2.21. The lowest BCUT2D eigenvalue weighted by Gasteiger charge is -2.16. The zero-order chi connectivity index (χ0) is 23.8. The van der Waals surface area contributed by atoms with Gasteiger partial charge in [0.2, 0.25) is 11.8 Å². The second-order valence-corrected chi connectivity index (χ2v) is 8.82. The van der Waals surface area contributed by atoms with E-state index in [2.05, 4.69) is 26.9 Å². The highest BCUT2D eigenvalue weighted by molar-refractivity contribution is 6.04. The molecule has 1 amide bonds. The number of aromatic nitrogens is 5. The molecule has 176 valence electrons. The van der Waals surface area contributed by atoms with Gasteiger partial charge in [0.05, 0.1) is 42.2 Å². The molecule has 1 aliphatic rings. The number of ether oxygens (including phenoxy) is 2. The summed E-state index contributed by atoms with van der Waals surface area (Å²) >= 11 is 0. The molecule has 0 unspecified atom stereocenters. The number of hydrogen-bond acceptors (Lipinski definition) is 6. The van der Waals surface area contributed by atoms with E-state index in [9.17, 15) is 4.79 Å². The van der Waals surface area contributed by atoms with Crippen molar-refractivity contribution in [3.05, 3.63) is 47.8 Å². The van der Waals surface area contributed by atoms with Crippen LogP contribution in [0.1, 0.15) is 35.8 Å². The van der Waals surface area contributed by atoms with E-state index >= 15 is 0 Å². The van der Waals surface area contributed by atoms with Crippen LogP contribution in [-0.2, 0) is 13.6 Å². The summed E-state index contributed by atoms with van der Waals surface area (Å²) in [5.41, 5.74) is 4.37. The smallest absolute Gasteiger partial charge is 0.258 e. The van der Waals surface area contributed by atoms with Crippen molar-refractivity contribution in [3.63, 3.8) is 0 Å². The van der Waals surface area contributed by atoms with Gasteiger partial charge >= 0.3 is 0 Å². The Kier molecular flexibility index (Phi) is 5.69. The number of nitrogens with one attached hydrogen (secondary N) is 1. The van der Waals surface area contributed by atoms with Crippen molar-refractivity contribution in [1.29, 1.82) is 0 Å². The summed E-state index contributed by atoms with van der Waals surface area (Å²) in [4.78, 5) is 22.7. The molecule has 1 atom stereocenters. The van der Waals surface area contributed by atoms with Crippen LogP contribution < -0.4 is 14.8 Å². The average Bonchev–Trinajstić information content (AvgIpc) is 3.35. The predicted octanol–water partition coefficient (Wildman–Crippen LogP) is 4.21. The SMILES string of the molecule is COc1ccc2nc3n(c2c1)C[C@H](C)CCCOc1c(cnn1C)-c1cc(cc(C)n1)C(=O)N3. The minimum absolute atomic E-state index is 0.246. The maximum atomic E-state index is 13.4. The molecule has 2 bridgehead atoms. The number of aryl methyl sites for hydroxylation is 2. The molecule has 9 heteroatoms. The minimum Gasteiger partial charge on any atom is -0.497 e. The lowest BCUT2D eigenvalue weighted by atomic mass is 10.1. The van der Waals surface area contributed by atoms with Crippen LogP contribution in [0.5, 0.6) is 11.6 Å². The molecule has 0 fully saturated rings. The third-order valence-corrected chi connectivity index (χ3v) is 6.13. The first-order chi connectivity index (χ1) is 16.4. The molecule has 0 spiro atoms. The zero-order valence-corrected chi connectivity index (χ0v) is 19.8. The zero-order valence-electron chi connectivity index (χ0n) is 19.8. The maximum absolute atomic E-state index is 13.4. The van der Waals surface area contributed by atoms with Crippen molar-refractivity contribution >= 4 is 22.9 Å². The monoisotopic (exact) mass is 460 g/mol. The van der Waals surface area contributed by atoms with Crippen molar-refractivity contribution in [3.8, 4) is 22.9 Å². The van der Waals surface area contributed by atoms with E-state index < -0.39 is 0 Å². The fourth-order valence-corrected chi connectivity index (χ4v) is 4.40. The minimum atomic E-state index is -0.246. The van der Waals surface area contributed by atoms with Crippen LogP contribution in [-0.4, -0.2) is 43.9 Å². The first kappa shape index (κ1) is 21.9. The standard InChI is InChI=1S/C25H28N6O3/c1-15-6-5-9-34-24-19(13-26-30(24)3)21-11-17(10-16(2)27-21)23(32)29-25-28-20-8-7-18(33-4)12-22(20)31(25)14-15/h7-8,10-13,15H,5-6,9,14H2,1-4H3,(H,28,29,32)/t15-/m1/s1. The Balaban J connectivity index is 1.62. The summed E-state index contributed by atoms with van der Waals surface area (Å²) in [6.45, 7) is 5.34. The molecule has 0 aliphatic carbocycles. The fraction of sp³-hybridized carbons (Fsp3) is 0.360. The van der Waals surface area contributed by atoms with Gasteiger partial charge in [-0.1, -0.05) is 6.92 Å². The van der Waals surface area contributed by atoms with Gasteiger partial charge in [-0.05, 0) is 49.9 Å². The summed E-state index contributed by atoms with van der Waals surface area (Å²) in [5, 5.41) is 7.39. The topological polar surface area (TPSA) is 96.1 Å². The largest absolute Gasteiger partial charge is 0.497 e. The first-order valence-electron chi connectivity index (χ1n) is 11.4. The van der Waals surface area contributed by atoms with E-state index in [1.54, 1.807) is 30.1 Å². The number of imidazole rings is 1. The van der Waals surface area contributed by atoms with E-state index in [-0.39, 0.29) is 5.91 Å². The number of methoxy groups -OCH3 is 1. The van der Waals surface area contributed by atoms with Crippen molar-refractivity contribution in [2.45, 2.75) is 33.2 Å². The Morgan fingerprint density at radius 3 is 2.88 bits per heavy atom. The Hall–Kier alpha value is -3.88. The molecule has 5 rings (SSSR count). The quantitative estimate of drug-likeness (QED) is 0.457. The normalized spacial score (nSPS) is 16.6. The molecule has 1 N–H and O–H groups in total. The summed E-state index contributed by atoms with van der Waals surface area (Å²) < 4.78 is 15.3. The predicted molar refractivity (Wildman–Crippen MR) is 129 cm³/mol. The number of fused-ring (bicyclic) bond motifs is 7. The number of carbonyl (C=O) groups excluding carboxylic acids is 1. The van der Waals surface area contributed by atoms with Crippen LogP contribution in [0.3, 0.4) is 0 Å². The molecule has 0 saturated heterocycles. The Morgan fingerprint density at radius 1 is 1.21 bits per heavy atom. The number of hydrogen-bond donors (Lipinski definition) is 1. The van der Waals surface area contributed by atoms with Crippen LogP contribution in [0.25, 0.3) is 22.3 Å². The van der Waals surface area contributed by atoms with Gasteiger partial charge in [0.25, 0.3) is 5.91 Å². The summed E-state index contributed by atoms with van der Waals surface area (Å²) in [7, 11) is 3.49. The van der Waals surface area contributed by atoms with E-state index in [0.717, 1.165) is 40.9 Å². The van der Waals surface area contributed by atoms with Gasteiger partial charge < -0.3 is 14.0 Å². The highest BCUT2D eigenvalue weighted by Crippen LogP contribution is 2.31. The van der Waals surface area contributed by atoms with Crippen molar-refractivity contribution in [2.75, 3.05) is 19.0 Å². The number of benzene rings is 1. The number of rotatable bonds is 1.